The summed E-state index contributed by atoms with van der Waals surface area (Å²) in [4.78, 5) is 4.69. The van der Waals surface area contributed by atoms with E-state index < -0.39 is 5.60 Å². The van der Waals surface area contributed by atoms with Crippen LogP contribution in [0.2, 0.25) is 0 Å². The van der Waals surface area contributed by atoms with Crippen LogP contribution in [0.1, 0.15) is 46.0 Å². The molecule has 1 unspecified atom stereocenters. The van der Waals surface area contributed by atoms with Gasteiger partial charge in [0.15, 0.2) is 0 Å². The maximum Gasteiger partial charge on any atom is 0.0718 e. The number of hydrogen-bond acceptors (Lipinski definition) is 4. The Kier molecular flexibility index (Phi) is 5.84. The van der Waals surface area contributed by atoms with Crippen molar-refractivity contribution < 1.29 is 10.2 Å². The Hall–Kier alpha value is -0.160. The monoisotopic (exact) mass is 284 g/mol. The van der Waals surface area contributed by atoms with Gasteiger partial charge in [0.2, 0.25) is 0 Å². The molecule has 0 bridgehead atoms. The fourth-order valence-corrected chi connectivity index (χ4v) is 3.68. The van der Waals surface area contributed by atoms with Gasteiger partial charge in [-0.1, -0.05) is 25.7 Å². The van der Waals surface area contributed by atoms with Crippen molar-refractivity contribution >= 4 is 0 Å². The molecule has 4 nitrogen and oxygen atoms in total. The lowest BCUT2D eigenvalue weighted by Crippen LogP contribution is -2.51. The fraction of sp³-hybridized carbons (Fsp3) is 1.00. The van der Waals surface area contributed by atoms with E-state index in [2.05, 4.69) is 9.80 Å². The molecule has 0 radical (unpaired) electrons. The van der Waals surface area contributed by atoms with E-state index in [1.807, 2.05) is 13.8 Å². The second kappa shape index (κ2) is 7.21. The van der Waals surface area contributed by atoms with Crippen LogP contribution in [0.3, 0.4) is 0 Å². The van der Waals surface area contributed by atoms with Gasteiger partial charge in [-0.3, -0.25) is 9.80 Å². The van der Waals surface area contributed by atoms with E-state index in [0.29, 0.717) is 0 Å². The van der Waals surface area contributed by atoms with Gasteiger partial charge in [-0.05, 0) is 26.2 Å². The zero-order valence-electron chi connectivity index (χ0n) is 13.2. The summed E-state index contributed by atoms with van der Waals surface area (Å²) in [7, 11) is 0. The molecule has 2 aliphatic rings. The van der Waals surface area contributed by atoms with Crippen LogP contribution in [0, 0.1) is 5.92 Å². The van der Waals surface area contributed by atoms with E-state index in [4.69, 9.17) is 0 Å². The van der Waals surface area contributed by atoms with Crippen molar-refractivity contribution in [1.82, 2.24) is 9.80 Å². The summed E-state index contributed by atoms with van der Waals surface area (Å²) in [5, 5.41) is 20.1. The summed E-state index contributed by atoms with van der Waals surface area (Å²) in [6.07, 6.45) is 6.18. The molecule has 2 rings (SSSR count). The van der Waals surface area contributed by atoms with Gasteiger partial charge in [0.1, 0.15) is 0 Å². The normalized spacial score (nSPS) is 25.2. The second-order valence-electron chi connectivity index (χ2n) is 7.43. The smallest absolute Gasteiger partial charge is 0.0718 e. The molecule has 20 heavy (non-hydrogen) atoms. The van der Waals surface area contributed by atoms with Gasteiger partial charge in [-0.15, -0.1) is 0 Å². The largest absolute Gasteiger partial charge is 0.392 e. The number of aliphatic hydroxyl groups excluding tert-OH is 1. The average molecular weight is 284 g/mol. The highest BCUT2D eigenvalue weighted by Gasteiger charge is 2.25. The number of β-amino-alcohol motifs (C(OH)–C–C–N with tert-alkyl or cyclic N) is 2. The molecule has 1 aliphatic heterocycles. The molecular weight excluding hydrogens is 252 g/mol. The summed E-state index contributed by atoms with van der Waals surface area (Å²) in [5.41, 5.74) is -0.607. The average Bonchev–Trinajstić information content (AvgIpc) is 2.82. The van der Waals surface area contributed by atoms with Crippen molar-refractivity contribution in [3.63, 3.8) is 0 Å². The zero-order valence-corrected chi connectivity index (χ0v) is 13.2. The van der Waals surface area contributed by atoms with Gasteiger partial charge in [0, 0.05) is 39.3 Å². The van der Waals surface area contributed by atoms with Crippen LogP contribution < -0.4 is 0 Å². The Bertz CT molecular complexity index is 277. The molecule has 1 heterocycles. The standard InChI is InChI=1S/C16H32N2O2/c1-16(2,20)13-18-9-7-17(8-10-18)12-15(19)11-14-5-3-4-6-14/h14-15,19-20H,3-13H2,1-2H3. The van der Waals surface area contributed by atoms with Gasteiger partial charge in [-0.25, -0.2) is 0 Å². The Morgan fingerprint density at radius 1 is 1.05 bits per heavy atom. The van der Waals surface area contributed by atoms with Crippen LogP contribution in [0.5, 0.6) is 0 Å². The van der Waals surface area contributed by atoms with Gasteiger partial charge in [-0.2, -0.15) is 0 Å². The van der Waals surface area contributed by atoms with Crippen LogP contribution in [0.25, 0.3) is 0 Å². The number of nitrogens with zero attached hydrogens (tertiary/aromatic N) is 2. The van der Waals surface area contributed by atoms with Crippen molar-refractivity contribution in [2.24, 2.45) is 5.92 Å². The van der Waals surface area contributed by atoms with Crippen LogP contribution >= 0.6 is 0 Å². The lowest BCUT2D eigenvalue weighted by atomic mass is 9.99. The van der Waals surface area contributed by atoms with E-state index in [0.717, 1.165) is 51.6 Å². The van der Waals surface area contributed by atoms with E-state index in [1.54, 1.807) is 0 Å². The maximum absolute atomic E-state index is 10.2. The second-order valence-corrected chi connectivity index (χ2v) is 7.43. The minimum Gasteiger partial charge on any atom is -0.392 e. The summed E-state index contributed by atoms with van der Waals surface area (Å²) >= 11 is 0. The van der Waals surface area contributed by atoms with Gasteiger partial charge in [0.05, 0.1) is 11.7 Å². The van der Waals surface area contributed by atoms with Gasteiger partial charge >= 0.3 is 0 Å². The molecule has 1 saturated heterocycles. The molecule has 2 fully saturated rings. The highest BCUT2D eigenvalue weighted by molar-refractivity contribution is 4.80. The minimum atomic E-state index is -0.607. The van der Waals surface area contributed by atoms with Crippen molar-refractivity contribution in [3.05, 3.63) is 0 Å². The van der Waals surface area contributed by atoms with E-state index in [-0.39, 0.29) is 6.10 Å². The van der Waals surface area contributed by atoms with Crippen molar-refractivity contribution in [1.29, 1.82) is 0 Å². The first-order chi connectivity index (χ1) is 9.42. The summed E-state index contributed by atoms with van der Waals surface area (Å²) in [6.45, 7) is 9.32. The molecule has 0 aromatic carbocycles. The van der Waals surface area contributed by atoms with Crippen molar-refractivity contribution in [2.45, 2.75) is 57.7 Å². The zero-order chi connectivity index (χ0) is 14.6. The molecule has 4 heteroatoms. The first kappa shape index (κ1) is 16.2. The molecule has 2 N–H and O–H groups in total. The Morgan fingerprint density at radius 2 is 1.60 bits per heavy atom. The molecule has 1 saturated carbocycles. The fourth-order valence-electron chi connectivity index (χ4n) is 3.68. The number of rotatable bonds is 6. The number of piperazine rings is 1. The quantitative estimate of drug-likeness (QED) is 0.772. The number of hydrogen-bond donors (Lipinski definition) is 2. The van der Waals surface area contributed by atoms with Crippen molar-refractivity contribution in [3.8, 4) is 0 Å². The Morgan fingerprint density at radius 3 is 2.15 bits per heavy atom. The molecule has 0 amide bonds. The van der Waals surface area contributed by atoms with E-state index in [9.17, 15) is 10.2 Å². The summed E-state index contributed by atoms with van der Waals surface area (Å²) in [5.74, 6) is 0.765. The molecule has 0 spiro atoms. The lowest BCUT2D eigenvalue weighted by Gasteiger charge is -2.38. The van der Waals surface area contributed by atoms with Crippen molar-refractivity contribution in [2.75, 3.05) is 39.3 Å². The summed E-state index contributed by atoms with van der Waals surface area (Å²) in [6, 6.07) is 0. The molecule has 0 aromatic rings. The van der Waals surface area contributed by atoms with Gasteiger partial charge in [0.25, 0.3) is 0 Å². The molecular formula is C16H32N2O2. The highest BCUT2D eigenvalue weighted by Crippen LogP contribution is 2.28. The Balaban J connectivity index is 1.63. The topological polar surface area (TPSA) is 46.9 Å². The molecule has 0 aromatic heterocycles. The molecule has 1 atom stereocenters. The third kappa shape index (κ3) is 5.68. The summed E-state index contributed by atoms with van der Waals surface area (Å²) < 4.78 is 0. The van der Waals surface area contributed by atoms with Crippen LogP contribution in [0.4, 0.5) is 0 Å². The van der Waals surface area contributed by atoms with Gasteiger partial charge < -0.3 is 10.2 Å². The first-order valence-corrected chi connectivity index (χ1v) is 8.27. The third-order valence-electron chi connectivity index (χ3n) is 4.62. The van der Waals surface area contributed by atoms with E-state index >= 15 is 0 Å². The first-order valence-electron chi connectivity index (χ1n) is 8.27. The minimum absolute atomic E-state index is 0.154. The predicted molar refractivity (Wildman–Crippen MR) is 81.8 cm³/mol. The Labute approximate surface area is 123 Å². The van der Waals surface area contributed by atoms with E-state index in [1.165, 1.54) is 25.7 Å². The third-order valence-corrected chi connectivity index (χ3v) is 4.62. The molecule has 118 valence electrons. The molecule has 1 aliphatic carbocycles. The highest BCUT2D eigenvalue weighted by atomic mass is 16.3. The van der Waals surface area contributed by atoms with Crippen LogP contribution in [-0.4, -0.2) is 71.0 Å². The van der Waals surface area contributed by atoms with Crippen LogP contribution in [0.15, 0.2) is 0 Å². The number of aliphatic hydroxyl groups is 2. The lowest BCUT2D eigenvalue weighted by molar-refractivity contribution is 0.00811. The predicted octanol–water partition coefficient (Wildman–Crippen LogP) is 1.32. The van der Waals surface area contributed by atoms with Crippen LogP contribution in [-0.2, 0) is 0 Å². The SMILES string of the molecule is CC(C)(O)CN1CCN(CC(O)CC2CCCC2)CC1. The maximum atomic E-state index is 10.2.